The van der Waals surface area contributed by atoms with Crippen LogP contribution in [0.1, 0.15) is 46.5 Å². The van der Waals surface area contributed by atoms with E-state index in [1.165, 1.54) is 0 Å². The van der Waals surface area contributed by atoms with Crippen LogP contribution >= 0.6 is 0 Å². The molecule has 112 valence electrons. The molecule has 19 heavy (non-hydrogen) atoms. The van der Waals surface area contributed by atoms with Crippen LogP contribution in [0, 0.1) is 5.41 Å². The van der Waals surface area contributed by atoms with Gasteiger partial charge in [0.1, 0.15) is 5.60 Å². The Balaban J connectivity index is 2.37. The van der Waals surface area contributed by atoms with Crippen LogP contribution in [0.2, 0.25) is 0 Å². The summed E-state index contributed by atoms with van der Waals surface area (Å²) in [5.74, 6) is -0.448. The third-order valence-electron chi connectivity index (χ3n) is 3.22. The number of halogens is 1. The van der Waals surface area contributed by atoms with Crippen molar-refractivity contribution in [2.75, 3.05) is 12.3 Å². The first kappa shape index (κ1) is 16.2. The molecule has 0 aromatic carbocycles. The summed E-state index contributed by atoms with van der Waals surface area (Å²) in [7, 11) is -4.47. The van der Waals surface area contributed by atoms with Crippen molar-refractivity contribution in [2.24, 2.45) is 5.41 Å². The van der Waals surface area contributed by atoms with Gasteiger partial charge in [-0.2, -0.15) is 8.42 Å². The van der Waals surface area contributed by atoms with E-state index in [0.717, 1.165) is 6.42 Å². The fraction of sp³-hybridized carbons (Fsp3) is 0.917. The lowest BCUT2D eigenvalue weighted by atomic mass is 9.68. The topological polar surface area (TPSA) is 72.5 Å². The fourth-order valence-electron chi connectivity index (χ4n) is 2.25. The minimum absolute atomic E-state index is 0.296. The third-order valence-corrected chi connectivity index (χ3v) is 4.17. The molecule has 1 aliphatic rings. The maximum atomic E-state index is 12.8. The average molecular weight is 295 g/mol. The normalized spacial score (nSPS) is 18.5. The predicted molar refractivity (Wildman–Crippen MR) is 70.0 cm³/mol. The first-order chi connectivity index (χ1) is 8.52. The van der Waals surface area contributed by atoms with Crippen molar-refractivity contribution in [2.45, 2.75) is 52.1 Å². The molecule has 5 nitrogen and oxygen atoms in total. The zero-order valence-corrected chi connectivity index (χ0v) is 12.5. The summed E-state index contributed by atoms with van der Waals surface area (Å²) in [6, 6.07) is 0. The molecule has 7 heteroatoms. The van der Waals surface area contributed by atoms with Crippen LogP contribution in [0.5, 0.6) is 0 Å². The molecule has 1 N–H and O–H groups in total. The Kier molecular flexibility index (Phi) is 4.81. The lowest BCUT2D eigenvalue weighted by molar-refractivity contribution is 0.0511. The monoisotopic (exact) mass is 295 g/mol. The van der Waals surface area contributed by atoms with Gasteiger partial charge in [0.15, 0.2) is 0 Å². The Labute approximate surface area is 114 Å². The highest BCUT2D eigenvalue weighted by atomic mass is 32.3. The molecule has 0 aromatic heterocycles. The van der Waals surface area contributed by atoms with Crippen LogP contribution in [-0.4, -0.2) is 32.4 Å². The van der Waals surface area contributed by atoms with Gasteiger partial charge in [0.05, 0.1) is 5.75 Å². The summed E-state index contributed by atoms with van der Waals surface area (Å²) >= 11 is 0. The molecule has 0 atom stereocenters. The molecule has 0 bridgehead atoms. The summed E-state index contributed by atoms with van der Waals surface area (Å²) in [5.41, 5.74) is -1.08. The Hall–Kier alpha value is -0.850. The summed E-state index contributed by atoms with van der Waals surface area (Å²) in [6.45, 7) is 5.57. The van der Waals surface area contributed by atoms with E-state index in [9.17, 15) is 17.1 Å². The molecule has 0 spiro atoms. The van der Waals surface area contributed by atoms with E-state index < -0.39 is 33.1 Å². The maximum Gasteiger partial charge on any atom is 0.407 e. The Morgan fingerprint density at radius 3 is 2.32 bits per heavy atom. The van der Waals surface area contributed by atoms with E-state index >= 15 is 0 Å². The first-order valence-electron chi connectivity index (χ1n) is 6.41. The second-order valence-corrected chi connectivity index (χ2v) is 7.58. The molecule has 1 saturated carbocycles. The maximum absolute atomic E-state index is 12.8. The van der Waals surface area contributed by atoms with Gasteiger partial charge in [0.2, 0.25) is 0 Å². The molecule has 1 rings (SSSR count). The Bertz CT molecular complexity index is 424. The Morgan fingerprint density at radius 1 is 1.37 bits per heavy atom. The smallest absolute Gasteiger partial charge is 0.407 e. The van der Waals surface area contributed by atoms with Gasteiger partial charge in [-0.1, -0.05) is 6.42 Å². The number of nitrogens with one attached hydrogen (secondary N) is 1. The van der Waals surface area contributed by atoms with Gasteiger partial charge in [-0.15, -0.1) is 3.89 Å². The molecular weight excluding hydrogens is 273 g/mol. The van der Waals surface area contributed by atoms with Crippen LogP contribution in [0.15, 0.2) is 0 Å². The number of carbonyl (C=O) groups is 1. The standard InChI is InChI=1S/C12H22FNO4S/c1-11(2,3)18-10(15)14-8-7-12(5-4-6-12)9-19(13,16)17/h4-9H2,1-3H3,(H,14,15). The minimum atomic E-state index is -4.47. The van der Waals surface area contributed by atoms with Crippen molar-refractivity contribution >= 4 is 16.3 Å². The largest absolute Gasteiger partial charge is 0.444 e. The van der Waals surface area contributed by atoms with Gasteiger partial charge in [0.25, 0.3) is 0 Å². The molecule has 1 aliphatic carbocycles. The molecule has 0 radical (unpaired) electrons. The molecule has 0 aromatic rings. The third kappa shape index (κ3) is 6.22. The van der Waals surface area contributed by atoms with Crippen molar-refractivity contribution in [3.8, 4) is 0 Å². The lowest BCUT2D eigenvalue weighted by Crippen LogP contribution is -2.40. The van der Waals surface area contributed by atoms with Gasteiger partial charge in [-0.3, -0.25) is 0 Å². The molecule has 0 saturated heterocycles. The summed E-state index contributed by atoms with van der Waals surface area (Å²) in [5, 5.41) is 2.57. The van der Waals surface area contributed by atoms with Crippen molar-refractivity contribution in [1.29, 1.82) is 0 Å². The van der Waals surface area contributed by atoms with Crippen LogP contribution in [0.3, 0.4) is 0 Å². The SMILES string of the molecule is CC(C)(C)OC(=O)NCCC1(CS(=O)(=O)F)CCC1. The lowest BCUT2D eigenvalue weighted by Gasteiger charge is -2.40. The van der Waals surface area contributed by atoms with Crippen LogP contribution in [-0.2, 0) is 15.0 Å². The first-order valence-corrected chi connectivity index (χ1v) is 7.96. The highest BCUT2D eigenvalue weighted by Gasteiger charge is 2.40. The molecule has 0 unspecified atom stereocenters. The van der Waals surface area contributed by atoms with Crippen molar-refractivity contribution in [3.63, 3.8) is 0 Å². The average Bonchev–Trinajstić information content (AvgIpc) is 2.08. The van der Waals surface area contributed by atoms with Crippen LogP contribution < -0.4 is 5.32 Å². The highest BCUT2D eigenvalue weighted by molar-refractivity contribution is 7.86. The molecule has 0 heterocycles. The van der Waals surface area contributed by atoms with Crippen molar-refractivity contribution < 1.29 is 21.8 Å². The van der Waals surface area contributed by atoms with E-state index in [1.54, 1.807) is 20.8 Å². The van der Waals surface area contributed by atoms with E-state index in [1.807, 2.05) is 0 Å². The second-order valence-electron chi connectivity index (χ2n) is 6.22. The summed E-state index contributed by atoms with van der Waals surface area (Å²) < 4.78 is 39.3. The quantitative estimate of drug-likeness (QED) is 0.790. The van der Waals surface area contributed by atoms with Gasteiger partial charge >= 0.3 is 16.3 Å². The van der Waals surface area contributed by atoms with Gasteiger partial charge in [-0.25, -0.2) is 4.79 Å². The second kappa shape index (κ2) is 5.64. The minimum Gasteiger partial charge on any atom is -0.444 e. The highest BCUT2D eigenvalue weighted by Crippen LogP contribution is 2.45. The molecular formula is C12H22FNO4S. The number of alkyl carbamates (subject to hydrolysis) is 1. The number of rotatable bonds is 5. The number of carbonyl (C=O) groups excluding carboxylic acids is 1. The van der Waals surface area contributed by atoms with Crippen molar-refractivity contribution in [3.05, 3.63) is 0 Å². The van der Waals surface area contributed by atoms with Crippen LogP contribution in [0.4, 0.5) is 8.68 Å². The fourth-order valence-corrected chi connectivity index (χ4v) is 3.42. The summed E-state index contributed by atoms with van der Waals surface area (Å²) in [4.78, 5) is 11.4. The number of hydrogen-bond donors (Lipinski definition) is 1. The molecule has 1 amide bonds. The molecule has 0 aliphatic heterocycles. The number of amides is 1. The Morgan fingerprint density at radius 2 is 1.95 bits per heavy atom. The number of hydrogen-bond acceptors (Lipinski definition) is 4. The van der Waals surface area contributed by atoms with Gasteiger partial charge in [-0.05, 0) is 45.4 Å². The number of ether oxygens (including phenoxy) is 1. The summed E-state index contributed by atoms with van der Waals surface area (Å²) in [6.07, 6.45) is 2.19. The zero-order valence-electron chi connectivity index (χ0n) is 11.7. The van der Waals surface area contributed by atoms with Crippen LogP contribution in [0.25, 0.3) is 0 Å². The van der Waals surface area contributed by atoms with E-state index in [4.69, 9.17) is 4.74 Å². The van der Waals surface area contributed by atoms with E-state index in [0.29, 0.717) is 25.8 Å². The van der Waals surface area contributed by atoms with E-state index in [-0.39, 0.29) is 0 Å². The zero-order chi connectivity index (χ0) is 14.7. The van der Waals surface area contributed by atoms with Gasteiger partial charge < -0.3 is 10.1 Å². The van der Waals surface area contributed by atoms with Crippen molar-refractivity contribution in [1.82, 2.24) is 5.32 Å². The predicted octanol–water partition coefficient (Wildman–Crippen LogP) is 2.37. The van der Waals surface area contributed by atoms with E-state index in [2.05, 4.69) is 5.32 Å². The van der Waals surface area contributed by atoms with Gasteiger partial charge in [0, 0.05) is 6.54 Å². The molecule has 1 fully saturated rings.